The molecular formula is C9H15NO2S2. The van der Waals surface area contributed by atoms with Crippen LogP contribution in [0.2, 0.25) is 0 Å². The Kier molecular flexibility index (Phi) is 4.68. The fraction of sp³-hybridized carbons (Fsp3) is 0.667. The van der Waals surface area contributed by atoms with E-state index in [0.717, 1.165) is 0 Å². The second-order valence-electron chi connectivity index (χ2n) is 3.35. The molecule has 0 bridgehead atoms. The molecule has 0 aromatic rings. The van der Waals surface area contributed by atoms with Crippen LogP contribution in [0.1, 0.15) is 27.7 Å². The topological polar surface area (TPSA) is 30.8 Å². The number of ether oxygens (including phenoxy) is 2. The van der Waals surface area contributed by atoms with Crippen molar-refractivity contribution in [3.63, 3.8) is 0 Å². The first kappa shape index (κ1) is 11.8. The fourth-order valence-electron chi connectivity index (χ4n) is 0.785. The highest BCUT2D eigenvalue weighted by molar-refractivity contribution is 8.83. The number of hydrogen-bond donors (Lipinski definition) is 0. The van der Waals surface area contributed by atoms with Crippen LogP contribution in [0.4, 0.5) is 0 Å². The maximum atomic E-state index is 5.47. The average Bonchev–Trinajstić information content (AvgIpc) is 2.01. The lowest BCUT2D eigenvalue weighted by atomic mass is 10.5. The molecule has 1 aliphatic heterocycles. The van der Waals surface area contributed by atoms with E-state index in [4.69, 9.17) is 9.47 Å². The van der Waals surface area contributed by atoms with Gasteiger partial charge in [-0.25, -0.2) is 0 Å². The Morgan fingerprint density at radius 1 is 1.14 bits per heavy atom. The van der Waals surface area contributed by atoms with Gasteiger partial charge in [0, 0.05) is 16.2 Å². The summed E-state index contributed by atoms with van der Waals surface area (Å²) < 4.78 is 10.9. The van der Waals surface area contributed by atoms with E-state index in [0.29, 0.717) is 11.1 Å². The summed E-state index contributed by atoms with van der Waals surface area (Å²) in [6.07, 6.45) is 0.300. The first-order chi connectivity index (χ1) is 6.58. The van der Waals surface area contributed by atoms with Gasteiger partial charge in [0.15, 0.2) is 0 Å². The Balaban J connectivity index is 2.53. The predicted octanol–water partition coefficient (Wildman–Crippen LogP) is 3.39. The van der Waals surface area contributed by atoms with Gasteiger partial charge in [0.25, 0.3) is 5.23 Å². The first-order valence-corrected chi connectivity index (χ1v) is 6.74. The first-order valence-electron chi connectivity index (χ1n) is 4.53. The summed E-state index contributed by atoms with van der Waals surface area (Å²) >= 11 is 0. The van der Waals surface area contributed by atoms with E-state index >= 15 is 0 Å². The highest BCUT2D eigenvalue weighted by Gasteiger charge is 2.13. The van der Waals surface area contributed by atoms with Crippen molar-refractivity contribution < 1.29 is 9.47 Å². The Morgan fingerprint density at radius 2 is 1.79 bits per heavy atom. The molecule has 1 rings (SSSR count). The van der Waals surface area contributed by atoms with Crippen molar-refractivity contribution in [2.75, 3.05) is 0 Å². The van der Waals surface area contributed by atoms with Crippen LogP contribution in [0.15, 0.2) is 16.3 Å². The molecule has 0 saturated carbocycles. The molecule has 0 spiro atoms. The van der Waals surface area contributed by atoms with Crippen LogP contribution in [0.25, 0.3) is 0 Å². The van der Waals surface area contributed by atoms with Crippen molar-refractivity contribution in [3.8, 4) is 0 Å². The van der Waals surface area contributed by atoms with Gasteiger partial charge < -0.3 is 9.47 Å². The average molecular weight is 233 g/mol. The number of rotatable bonds is 3. The van der Waals surface area contributed by atoms with E-state index in [-0.39, 0.29) is 12.2 Å². The van der Waals surface area contributed by atoms with Crippen molar-refractivity contribution >= 4 is 26.8 Å². The summed E-state index contributed by atoms with van der Waals surface area (Å²) in [5, 5.41) is 2.56. The number of hydrogen-bond acceptors (Lipinski definition) is 5. The third kappa shape index (κ3) is 4.28. The smallest absolute Gasteiger partial charge is 0.265 e. The van der Waals surface area contributed by atoms with Gasteiger partial charge in [-0.2, -0.15) is 4.99 Å². The van der Waals surface area contributed by atoms with Crippen LogP contribution in [0.5, 0.6) is 0 Å². The van der Waals surface area contributed by atoms with Crippen molar-refractivity contribution in [2.45, 2.75) is 39.9 Å². The van der Waals surface area contributed by atoms with E-state index < -0.39 is 0 Å². The molecule has 0 unspecified atom stereocenters. The van der Waals surface area contributed by atoms with Gasteiger partial charge in [-0.1, -0.05) is 10.8 Å². The van der Waals surface area contributed by atoms with Crippen LogP contribution in [-0.4, -0.2) is 17.4 Å². The van der Waals surface area contributed by atoms with E-state index in [1.807, 2.05) is 33.1 Å². The molecule has 0 atom stereocenters. The minimum absolute atomic E-state index is 0.147. The monoisotopic (exact) mass is 233 g/mol. The normalized spacial score (nSPS) is 16.7. The summed E-state index contributed by atoms with van der Waals surface area (Å²) in [5.74, 6) is 0.638. The van der Waals surface area contributed by atoms with Gasteiger partial charge in [0.1, 0.15) is 0 Å². The van der Waals surface area contributed by atoms with Gasteiger partial charge in [-0.3, -0.25) is 0 Å². The number of nitrogens with zero attached hydrogens (tertiary/aromatic N) is 1. The molecule has 5 heteroatoms. The van der Waals surface area contributed by atoms with Crippen molar-refractivity contribution in [3.05, 3.63) is 11.3 Å². The lowest BCUT2D eigenvalue weighted by Gasteiger charge is -2.16. The minimum Gasteiger partial charge on any atom is -0.474 e. The highest BCUT2D eigenvalue weighted by Crippen LogP contribution is 2.32. The second kappa shape index (κ2) is 5.56. The van der Waals surface area contributed by atoms with Crippen LogP contribution in [-0.2, 0) is 9.47 Å². The Bertz CT molecular complexity index is 249. The third-order valence-corrected chi connectivity index (χ3v) is 2.89. The van der Waals surface area contributed by atoms with Crippen LogP contribution >= 0.6 is 21.6 Å². The zero-order chi connectivity index (χ0) is 10.6. The fourth-order valence-corrected chi connectivity index (χ4v) is 2.33. The molecule has 80 valence electrons. The van der Waals surface area contributed by atoms with E-state index in [1.54, 1.807) is 10.8 Å². The highest BCUT2D eigenvalue weighted by atomic mass is 33.1. The standard InChI is InChI=1S/C9H15NO2S2/c1-6(2)11-8-5-13-14-9(10-8)12-7(3)4/h5-7H,1-4H3. The van der Waals surface area contributed by atoms with Crippen molar-refractivity contribution in [1.82, 2.24) is 0 Å². The quantitative estimate of drug-likeness (QED) is 0.699. The Hall–Kier alpha value is -0.290. The molecular weight excluding hydrogens is 218 g/mol. The summed E-state index contributed by atoms with van der Waals surface area (Å²) in [7, 11) is 3.08. The molecule has 0 aliphatic carbocycles. The predicted molar refractivity (Wildman–Crippen MR) is 63.1 cm³/mol. The maximum Gasteiger partial charge on any atom is 0.265 e. The van der Waals surface area contributed by atoms with E-state index in [9.17, 15) is 0 Å². The summed E-state index contributed by atoms with van der Waals surface area (Å²) in [6, 6.07) is 0. The molecule has 1 heterocycles. The van der Waals surface area contributed by atoms with Crippen LogP contribution < -0.4 is 0 Å². The van der Waals surface area contributed by atoms with Gasteiger partial charge in [0.05, 0.1) is 12.2 Å². The largest absolute Gasteiger partial charge is 0.474 e. The van der Waals surface area contributed by atoms with Crippen LogP contribution in [0.3, 0.4) is 0 Å². The molecule has 0 aromatic heterocycles. The molecule has 0 fully saturated rings. The Labute approximate surface area is 92.7 Å². The van der Waals surface area contributed by atoms with Crippen LogP contribution in [0, 0.1) is 0 Å². The van der Waals surface area contributed by atoms with Gasteiger partial charge in [-0.05, 0) is 27.7 Å². The molecule has 0 radical (unpaired) electrons. The lowest BCUT2D eigenvalue weighted by molar-refractivity contribution is 0.144. The summed E-state index contributed by atoms with van der Waals surface area (Å²) in [6.45, 7) is 7.92. The number of aliphatic imine (C=N–C) groups is 1. The molecule has 1 aliphatic rings. The maximum absolute atomic E-state index is 5.47. The zero-order valence-corrected chi connectivity index (χ0v) is 10.4. The molecule has 14 heavy (non-hydrogen) atoms. The summed E-state index contributed by atoms with van der Waals surface area (Å²) in [4.78, 5) is 4.24. The van der Waals surface area contributed by atoms with Gasteiger partial charge in [0.2, 0.25) is 5.88 Å². The third-order valence-electron chi connectivity index (χ3n) is 1.16. The zero-order valence-electron chi connectivity index (χ0n) is 8.81. The SMILES string of the molecule is CC(C)OC1=CSSC(OC(C)C)=N1. The summed E-state index contributed by atoms with van der Waals surface area (Å²) in [5.41, 5.74) is 0. The Morgan fingerprint density at radius 3 is 2.36 bits per heavy atom. The molecule has 0 saturated heterocycles. The molecule has 0 N–H and O–H groups in total. The van der Waals surface area contributed by atoms with Gasteiger partial charge in [-0.15, -0.1) is 0 Å². The molecule has 3 nitrogen and oxygen atoms in total. The lowest BCUT2D eigenvalue weighted by Crippen LogP contribution is -2.10. The van der Waals surface area contributed by atoms with E-state index in [2.05, 4.69) is 4.99 Å². The van der Waals surface area contributed by atoms with Crippen molar-refractivity contribution in [1.29, 1.82) is 0 Å². The van der Waals surface area contributed by atoms with Gasteiger partial charge >= 0.3 is 0 Å². The second-order valence-corrected chi connectivity index (χ2v) is 5.37. The van der Waals surface area contributed by atoms with E-state index in [1.165, 1.54) is 10.8 Å². The minimum atomic E-state index is 0.147. The van der Waals surface area contributed by atoms with Crippen molar-refractivity contribution in [2.24, 2.45) is 4.99 Å². The molecule has 0 aromatic carbocycles. The molecule has 0 amide bonds.